The molecule has 1 amide bonds. The minimum atomic E-state index is -0.465. The van der Waals surface area contributed by atoms with Gasteiger partial charge in [0.15, 0.2) is 0 Å². The molecular formula is C7H15NO4. The van der Waals surface area contributed by atoms with Gasteiger partial charge in [-0.15, -0.1) is 0 Å². The van der Waals surface area contributed by atoms with Crippen molar-refractivity contribution in [3.8, 4) is 0 Å². The quantitative estimate of drug-likeness (QED) is 0.642. The van der Waals surface area contributed by atoms with Crippen LogP contribution in [-0.2, 0) is 14.2 Å². The van der Waals surface area contributed by atoms with E-state index in [0.717, 1.165) is 0 Å². The molecule has 0 fully saturated rings. The number of hydrogen-bond donors (Lipinski definition) is 1. The van der Waals surface area contributed by atoms with Crippen LogP contribution in [0.15, 0.2) is 0 Å². The zero-order chi connectivity index (χ0) is 9.40. The maximum atomic E-state index is 10.6. The average Bonchev–Trinajstić information content (AvgIpc) is 2.11. The third kappa shape index (κ3) is 4.92. The molecule has 0 unspecified atom stereocenters. The molecule has 0 saturated heterocycles. The monoisotopic (exact) mass is 177 g/mol. The summed E-state index contributed by atoms with van der Waals surface area (Å²) in [6, 6.07) is 0. The highest BCUT2D eigenvalue weighted by atomic mass is 16.6. The Bertz CT molecular complexity index is 129. The average molecular weight is 177 g/mol. The second-order valence-corrected chi connectivity index (χ2v) is 2.16. The number of methoxy groups -OCH3 is 2. The zero-order valence-electron chi connectivity index (χ0n) is 7.62. The lowest BCUT2D eigenvalue weighted by Crippen LogP contribution is -2.28. The molecule has 0 aliphatic heterocycles. The summed E-state index contributed by atoms with van der Waals surface area (Å²) in [5.74, 6) is 0. The molecule has 0 aliphatic rings. The Hall–Kier alpha value is -0.810. The van der Waals surface area contributed by atoms with Gasteiger partial charge in [0.25, 0.3) is 0 Å². The molecule has 0 heterocycles. The van der Waals surface area contributed by atoms with Crippen LogP contribution >= 0.6 is 0 Å². The van der Waals surface area contributed by atoms with Gasteiger partial charge in [-0.1, -0.05) is 0 Å². The highest BCUT2D eigenvalue weighted by molar-refractivity contribution is 5.66. The van der Waals surface area contributed by atoms with E-state index in [-0.39, 0.29) is 12.7 Å². The fraction of sp³-hybridized carbons (Fsp3) is 0.857. The number of carbonyl (C=O) groups is 1. The van der Waals surface area contributed by atoms with Crippen molar-refractivity contribution in [2.45, 2.75) is 6.10 Å². The molecule has 1 atom stereocenters. The van der Waals surface area contributed by atoms with Gasteiger partial charge in [-0.3, -0.25) is 0 Å². The summed E-state index contributed by atoms with van der Waals surface area (Å²) in [7, 11) is 4.60. The van der Waals surface area contributed by atoms with Gasteiger partial charge in [0, 0.05) is 21.3 Å². The Labute approximate surface area is 72.0 Å². The lowest BCUT2D eigenvalue weighted by atomic mass is 10.4. The van der Waals surface area contributed by atoms with E-state index < -0.39 is 6.09 Å². The number of rotatable bonds is 5. The van der Waals surface area contributed by atoms with Crippen LogP contribution in [0.5, 0.6) is 0 Å². The summed E-state index contributed by atoms with van der Waals surface area (Å²) in [5, 5.41) is 2.33. The predicted octanol–water partition coefficient (Wildman–Crippen LogP) is 0.00380. The summed E-state index contributed by atoms with van der Waals surface area (Å²) in [4.78, 5) is 10.6. The second-order valence-electron chi connectivity index (χ2n) is 2.16. The summed E-state index contributed by atoms with van der Waals surface area (Å²) < 4.78 is 14.5. The number of hydrogen-bond acceptors (Lipinski definition) is 4. The van der Waals surface area contributed by atoms with Crippen molar-refractivity contribution < 1.29 is 19.0 Å². The fourth-order valence-electron chi connectivity index (χ4n) is 0.611. The largest absolute Gasteiger partial charge is 0.447 e. The topological polar surface area (TPSA) is 56.8 Å². The van der Waals surface area contributed by atoms with Gasteiger partial charge in [-0.2, -0.15) is 0 Å². The minimum Gasteiger partial charge on any atom is -0.447 e. The van der Waals surface area contributed by atoms with Gasteiger partial charge in [0.2, 0.25) is 0 Å². The predicted molar refractivity (Wildman–Crippen MR) is 43.1 cm³/mol. The number of amides is 1. The zero-order valence-corrected chi connectivity index (χ0v) is 7.62. The molecule has 0 saturated carbocycles. The lowest BCUT2D eigenvalue weighted by molar-refractivity contribution is -0.0109. The molecular weight excluding hydrogens is 162 g/mol. The smallest absolute Gasteiger partial charge is 0.406 e. The molecule has 0 aliphatic carbocycles. The summed E-state index contributed by atoms with van der Waals surface area (Å²) >= 11 is 0. The van der Waals surface area contributed by atoms with Gasteiger partial charge < -0.3 is 19.5 Å². The molecule has 5 heteroatoms. The summed E-state index contributed by atoms with van der Waals surface area (Å²) in [6.07, 6.45) is -0.666. The van der Waals surface area contributed by atoms with Crippen molar-refractivity contribution in [3.63, 3.8) is 0 Å². The van der Waals surface area contributed by atoms with E-state index in [1.807, 2.05) is 0 Å². The number of ether oxygens (including phenoxy) is 3. The Morgan fingerprint density at radius 1 is 1.42 bits per heavy atom. The lowest BCUT2D eigenvalue weighted by Gasteiger charge is -2.13. The van der Waals surface area contributed by atoms with Crippen LogP contribution in [0.25, 0.3) is 0 Å². The van der Waals surface area contributed by atoms with E-state index in [9.17, 15) is 4.79 Å². The third-order valence-electron chi connectivity index (χ3n) is 1.29. The Kier molecular flexibility index (Phi) is 6.41. The second kappa shape index (κ2) is 6.87. The molecule has 1 N–H and O–H groups in total. The molecule has 0 rings (SSSR count). The summed E-state index contributed by atoms with van der Waals surface area (Å²) in [6.45, 7) is 0.609. The number of nitrogens with one attached hydrogen (secondary N) is 1. The molecule has 0 spiro atoms. The van der Waals surface area contributed by atoms with E-state index in [0.29, 0.717) is 6.61 Å². The minimum absolute atomic E-state index is 0.198. The first-order chi connectivity index (χ1) is 5.74. The molecule has 5 nitrogen and oxygen atoms in total. The van der Waals surface area contributed by atoms with Crippen LogP contribution in [0.4, 0.5) is 4.79 Å². The van der Waals surface area contributed by atoms with Crippen molar-refractivity contribution in [1.82, 2.24) is 5.32 Å². The summed E-state index contributed by atoms with van der Waals surface area (Å²) in [5.41, 5.74) is 0. The molecule has 72 valence electrons. The number of alkyl carbamates (subject to hydrolysis) is 1. The highest BCUT2D eigenvalue weighted by Crippen LogP contribution is 1.92. The first-order valence-corrected chi connectivity index (χ1v) is 3.60. The highest BCUT2D eigenvalue weighted by Gasteiger charge is 2.08. The van der Waals surface area contributed by atoms with Gasteiger partial charge in [-0.05, 0) is 0 Å². The van der Waals surface area contributed by atoms with Crippen LogP contribution in [0.2, 0.25) is 0 Å². The normalized spacial score (nSPS) is 12.2. The maximum absolute atomic E-state index is 10.6. The van der Waals surface area contributed by atoms with Gasteiger partial charge >= 0.3 is 6.09 Å². The van der Waals surface area contributed by atoms with E-state index in [1.165, 1.54) is 14.2 Å². The molecule has 0 radical (unpaired) electrons. The van der Waals surface area contributed by atoms with Crippen molar-refractivity contribution >= 4 is 6.09 Å². The van der Waals surface area contributed by atoms with Crippen molar-refractivity contribution in [2.75, 3.05) is 34.5 Å². The maximum Gasteiger partial charge on any atom is 0.406 e. The van der Waals surface area contributed by atoms with Crippen molar-refractivity contribution in [2.24, 2.45) is 0 Å². The van der Waals surface area contributed by atoms with Crippen molar-refractivity contribution in [3.05, 3.63) is 0 Å². The molecule has 0 aromatic carbocycles. The van der Waals surface area contributed by atoms with E-state index in [4.69, 9.17) is 14.2 Å². The van der Waals surface area contributed by atoms with Crippen LogP contribution in [-0.4, -0.2) is 46.7 Å². The van der Waals surface area contributed by atoms with Crippen LogP contribution in [0.1, 0.15) is 0 Å². The van der Waals surface area contributed by atoms with Crippen LogP contribution < -0.4 is 5.32 Å². The van der Waals surface area contributed by atoms with E-state index in [2.05, 4.69) is 5.32 Å². The fourth-order valence-corrected chi connectivity index (χ4v) is 0.611. The van der Waals surface area contributed by atoms with Gasteiger partial charge in [0.05, 0.1) is 6.61 Å². The number of carbonyl (C=O) groups excluding carboxylic acids is 1. The Balaban J connectivity index is 3.50. The van der Waals surface area contributed by atoms with Gasteiger partial charge in [0.1, 0.15) is 12.7 Å². The van der Waals surface area contributed by atoms with E-state index in [1.54, 1.807) is 7.11 Å². The Morgan fingerprint density at radius 2 is 2.08 bits per heavy atom. The van der Waals surface area contributed by atoms with E-state index >= 15 is 0 Å². The standard InChI is InChI=1S/C7H15NO4/c1-8-7(9)12-5-6(11-3)4-10-2/h6H,4-5H2,1-3H3,(H,8,9)/t6-/m0/s1. The van der Waals surface area contributed by atoms with Gasteiger partial charge in [-0.25, -0.2) is 4.79 Å². The molecule has 0 aromatic heterocycles. The first kappa shape index (κ1) is 11.2. The van der Waals surface area contributed by atoms with Crippen LogP contribution in [0.3, 0.4) is 0 Å². The molecule has 0 aromatic rings. The van der Waals surface area contributed by atoms with Crippen LogP contribution in [0, 0.1) is 0 Å². The molecule has 12 heavy (non-hydrogen) atoms. The third-order valence-corrected chi connectivity index (χ3v) is 1.29. The van der Waals surface area contributed by atoms with Crippen molar-refractivity contribution in [1.29, 1.82) is 0 Å². The molecule has 0 bridgehead atoms. The Morgan fingerprint density at radius 3 is 2.50 bits per heavy atom. The first-order valence-electron chi connectivity index (χ1n) is 3.60. The SMILES string of the molecule is CNC(=O)OC[C@H](COC)OC.